The van der Waals surface area contributed by atoms with E-state index in [2.05, 4.69) is 10.6 Å². The average Bonchev–Trinajstić information content (AvgIpc) is 3.52. The normalized spacial score (nSPS) is 19.9. The van der Waals surface area contributed by atoms with Gasteiger partial charge in [0.2, 0.25) is 11.8 Å². The molecule has 0 spiro atoms. The van der Waals surface area contributed by atoms with Crippen molar-refractivity contribution in [2.24, 2.45) is 5.92 Å². The molecule has 2 aliphatic rings. The fraction of sp³-hybridized carbons (Fsp3) is 0.619. The van der Waals surface area contributed by atoms with Crippen LogP contribution >= 0.6 is 0 Å². The molecule has 1 unspecified atom stereocenters. The average molecular weight is 429 g/mol. The second-order valence-corrected chi connectivity index (χ2v) is 8.10. The number of likely N-dealkylation sites (tertiary alicyclic amines) is 1. The molecule has 0 radical (unpaired) electrons. The van der Waals surface area contributed by atoms with Gasteiger partial charge >= 0.3 is 6.18 Å². The monoisotopic (exact) mass is 429 g/mol. The van der Waals surface area contributed by atoms with Gasteiger partial charge in [0.05, 0.1) is 11.6 Å². The van der Waals surface area contributed by atoms with E-state index < -0.39 is 35.3 Å². The highest BCUT2D eigenvalue weighted by molar-refractivity contribution is 5.90. The number of piperidine rings is 1. The van der Waals surface area contributed by atoms with Crippen LogP contribution in [0.4, 0.5) is 23.2 Å². The second-order valence-electron chi connectivity index (χ2n) is 8.10. The lowest BCUT2D eigenvalue weighted by Crippen LogP contribution is -2.56. The lowest BCUT2D eigenvalue weighted by atomic mass is 9.85. The van der Waals surface area contributed by atoms with E-state index in [1.54, 1.807) is 26.1 Å². The maximum absolute atomic E-state index is 14.4. The van der Waals surface area contributed by atoms with Crippen molar-refractivity contribution in [3.63, 3.8) is 0 Å². The van der Waals surface area contributed by atoms with E-state index >= 15 is 0 Å². The summed E-state index contributed by atoms with van der Waals surface area (Å²) < 4.78 is 53.3. The Labute approximate surface area is 173 Å². The number of halogens is 4. The number of hydrogen-bond donors (Lipinski definition) is 2. The van der Waals surface area contributed by atoms with Crippen LogP contribution in [0.5, 0.6) is 0 Å². The molecule has 0 bridgehead atoms. The van der Waals surface area contributed by atoms with Gasteiger partial charge in [-0.15, -0.1) is 0 Å². The number of carbonyl (C=O) groups excluding carboxylic acids is 2. The van der Waals surface area contributed by atoms with Crippen molar-refractivity contribution in [2.75, 3.05) is 25.5 Å². The molecule has 1 aliphatic carbocycles. The molecule has 1 saturated heterocycles. The van der Waals surface area contributed by atoms with Crippen LogP contribution in [0.3, 0.4) is 0 Å². The Hall–Kier alpha value is -2.32. The van der Waals surface area contributed by atoms with Crippen molar-refractivity contribution in [3.05, 3.63) is 29.6 Å². The number of benzene rings is 1. The zero-order valence-electron chi connectivity index (χ0n) is 17.1. The maximum Gasteiger partial charge on any atom is 0.391 e. The predicted molar refractivity (Wildman–Crippen MR) is 104 cm³/mol. The number of alkyl halides is 3. The van der Waals surface area contributed by atoms with Crippen molar-refractivity contribution in [2.45, 2.75) is 56.7 Å². The largest absolute Gasteiger partial charge is 0.391 e. The van der Waals surface area contributed by atoms with Gasteiger partial charge in [0.1, 0.15) is 11.9 Å². The van der Waals surface area contributed by atoms with Crippen LogP contribution in [0.2, 0.25) is 0 Å². The molecular formula is C21H27F4N3O2. The highest BCUT2D eigenvalue weighted by atomic mass is 19.4. The van der Waals surface area contributed by atoms with E-state index in [0.717, 1.165) is 0 Å². The Morgan fingerprint density at radius 3 is 2.33 bits per heavy atom. The highest BCUT2D eigenvalue weighted by Crippen LogP contribution is 2.52. The summed E-state index contributed by atoms with van der Waals surface area (Å²) in [4.78, 5) is 26.9. The van der Waals surface area contributed by atoms with Gasteiger partial charge in [-0.25, -0.2) is 4.39 Å². The van der Waals surface area contributed by atoms with Crippen molar-refractivity contribution in [1.29, 1.82) is 0 Å². The van der Waals surface area contributed by atoms with Gasteiger partial charge in [0.15, 0.2) is 0 Å². The molecule has 0 aromatic heterocycles. The molecule has 2 N–H and O–H groups in total. The SMILES string of the molecule is CCC(=O)NC(C(=O)N1CCC(C(F)(F)F)CC1)C1(c2ccc(NC)c(F)c2)CC1. The molecule has 1 saturated carbocycles. The summed E-state index contributed by atoms with van der Waals surface area (Å²) in [6, 6.07) is 3.76. The van der Waals surface area contributed by atoms with Gasteiger partial charge in [-0.2, -0.15) is 13.2 Å². The van der Waals surface area contributed by atoms with Gasteiger partial charge in [-0.3, -0.25) is 9.59 Å². The predicted octanol–water partition coefficient (Wildman–Crippen LogP) is 3.59. The van der Waals surface area contributed by atoms with Crippen LogP contribution < -0.4 is 10.6 Å². The summed E-state index contributed by atoms with van der Waals surface area (Å²) in [6.45, 7) is 1.64. The molecule has 5 nitrogen and oxygen atoms in total. The first-order chi connectivity index (χ1) is 14.1. The van der Waals surface area contributed by atoms with E-state index in [0.29, 0.717) is 24.1 Å². The number of anilines is 1. The molecule has 30 heavy (non-hydrogen) atoms. The summed E-state index contributed by atoms with van der Waals surface area (Å²) in [5.74, 6) is -2.59. The molecule has 3 rings (SSSR count). The van der Waals surface area contributed by atoms with Crippen LogP contribution in [-0.2, 0) is 15.0 Å². The van der Waals surface area contributed by atoms with Crippen molar-refractivity contribution >= 4 is 17.5 Å². The van der Waals surface area contributed by atoms with Crippen molar-refractivity contribution in [3.8, 4) is 0 Å². The Bertz CT molecular complexity index is 800. The van der Waals surface area contributed by atoms with Gasteiger partial charge in [-0.1, -0.05) is 13.0 Å². The van der Waals surface area contributed by atoms with E-state index in [4.69, 9.17) is 0 Å². The number of amides is 2. The minimum Gasteiger partial charge on any atom is -0.386 e. The fourth-order valence-electron chi connectivity index (χ4n) is 4.22. The maximum atomic E-state index is 14.4. The molecule has 1 heterocycles. The van der Waals surface area contributed by atoms with E-state index in [-0.39, 0.29) is 38.3 Å². The quantitative estimate of drug-likeness (QED) is 0.680. The number of carbonyl (C=O) groups is 2. The lowest BCUT2D eigenvalue weighted by Gasteiger charge is -2.37. The number of hydrogen-bond acceptors (Lipinski definition) is 3. The third-order valence-electron chi connectivity index (χ3n) is 6.30. The summed E-state index contributed by atoms with van der Waals surface area (Å²) >= 11 is 0. The van der Waals surface area contributed by atoms with Crippen LogP contribution in [0.1, 0.15) is 44.6 Å². The van der Waals surface area contributed by atoms with Crippen molar-refractivity contribution < 1.29 is 27.2 Å². The molecule has 166 valence electrons. The highest BCUT2D eigenvalue weighted by Gasteiger charge is 2.55. The fourth-order valence-corrected chi connectivity index (χ4v) is 4.22. The first-order valence-corrected chi connectivity index (χ1v) is 10.2. The zero-order chi connectivity index (χ0) is 22.1. The minimum atomic E-state index is -4.27. The summed E-state index contributed by atoms with van der Waals surface area (Å²) in [5.41, 5.74) is 0.193. The molecule has 1 aromatic rings. The van der Waals surface area contributed by atoms with E-state index in [1.165, 1.54) is 11.0 Å². The molecule has 2 fully saturated rings. The Morgan fingerprint density at radius 1 is 1.23 bits per heavy atom. The molecule has 1 aliphatic heterocycles. The summed E-state index contributed by atoms with van der Waals surface area (Å²) in [7, 11) is 1.60. The summed E-state index contributed by atoms with van der Waals surface area (Å²) in [5, 5.41) is 5.51. The van der Waals surface area contributed by atoms with E-state index in [1.807, 2.05) is 0 Å². The third kappa shape index (κ3) is 4.39. The molecular weight excluding hydrogens is 402 g/mol. The number of rotatable bonds is 6. The Morgan fingerprint density at radius 2 is 1.87 bits per heavy atom. The first kappa shape index (κ1) is 22.4. The standard InChI is InChI=1S/C21H27F4N3O2/c1-3-17(29)27-18(19(30)28-10-6-13(7-11-28)21(23,24)25)20(8-9-20)14-4-5-16(26-2)15(22)12-14/h4-5,12-13,18,26H,3,6-11H2,1-2H3,(H,27,29). The second kappa shape index (κ2) is 8.43. The van der Waals surface area contributed by atoms with Crippen LogP contribution in [-0.4, -0.2) is 49.1 Å². The smallest absolute Gasteiger partial charge is 0.386 e. The lowest BCUT2D eigenvalue weighted by molar-refractivity contribution is -0.186. The molecule has 1 aromatic carbocycles. The molecule has 2 amide bonds. The molecule has 1 atom stereocenters. The van der Waals surface area contributed by atoms with Gasteiger partial charge in [-0.05, 0) is 43.4 Å². The van der Waals surface area contributed by atoms with Crippen LogP contribution in [0.15, 0.2) is 18.2 Å². The number of nitrogens with one attached hydrogen (secondary N) is 2. The third-order valence-corrected chi connectivity index (χ3v) is 6.30. The summed E-state index contributed by atoms with van der Waals surface area (Å²) in [6.07, 6.45) is -3.22. The Kier molecular flexibility index (Phi) is 6.29. The van der Waals surface area contributed by atoms with Crippen LogP contribution in [0.25, 0.3) is 0 Å². The Balaban J connectivity index is 1.84. The minimum absolute atomic E-state index is 0.00929. The van der Waals surface area contributed by atoms with Crippen molar-refractivity contribution in [1.82, 2.24) is 10.2 Å². The first-order valence-electron chi connectivity index (χ1n) is 10.2. The molecule has 9 heteroatoms. The van der Waals surface area contributed by atoms with E-state index in [9.17, 15) is 27.2 Å². The van der Waals surface area contributed by atoms with Gasteiger partial charge in [0.25, 0.3) is 0 Å². The van der Waals surface area contributed by atoms with Gasteiger partial charge in [0, 0.05) is 32.0 Å². The zero-order valence-corrected chi connectivity index (χ0v) is 17.1. The van der Waals surface area contributed by atoms with Crippen LogP contribution in [0, 0.1) is 11.7 Å². The number of nitrogens with zero attached hydrogens (tertiary/aromatic N) is 1. The van der Waals surface area contributed by atoms with Gasteiger partial charge < -0.3 is 15.5 Å². The topological polar surface area (TPSA) is 61.4 Å².